The highest BCUT2D eigenvalue weighted by atomic mass is 15.2. The largest absolute Gasteiger partial charge is 0.376 e. The van der Waals surface area contributed by atoms with Crippen LogP contribution in [0.4, 0.5) is 28.4 Å². The minimum absolute atomic E-state index is 0.00869. The van der Waals surface area contributed by atoms with Gasteiger partial charge in [0.1, 0.15) is 0 Å². The lowest BCUT2D eigenvalue weighted by Crippen LogP contribution is -2.63. The van der Waals surface area contributed by atoms with E-state index in [0.29, 0.717) is 0 Å². The Balaban J connectivity index is 1.34. The lowest BCUT2D eigenvalue weighted by molar-refractivity contribution is 0.590. The third-order valence-electron chi connectivity index (χ3n) is 14.3. The van der Waals surface area contributed by atoms with Crippen LogP contribution in [-0.2, 0) is 21.7 Å². The highest BCUT2D eigenvalue weighted by Crippen LogP contribution is 2.58. The van der Waals surface area contributed by atoms with Gasteiger partial charge in [-0.25, -0.2) is 0 Å². The molecule has 3 heteroatoms. The van der Waals surface area contributed by atoms with Gasteiger partial charge in [-0.3, -0.25) is 0 Å². The summed E-state index contributed by atoms with van der Waals surface area (Å²) in [5.74, 6) is 0. The summed E-state index contributed by atoms with van der Waals surface area (Å²) in [5, 5.41) is 0. The van der Waals surface area contributed by atoms with Gasteiger partial charge < -0.3 is 9.71 Å². The van der Waals surface area contributed by atoms with E-state index in [1.54, 1.807) is 0 Å². The Bertz CT molecular complexity index is 2920. The van der Waals surface area contributed by atoms with Gasteiger partial charge in [0.05, 0.1) is 5.69 Å². The maximum atomic E-state index is 2.76. The summed E-state index contributed by atoms with van der Waals surface area (Å²) in [6, 6.07) is 53.9. The monoisotopic (exact) mass is 764 g/mol. The van der Waals surface area contributed by atoms with Crippen LogP contribution in [0.15, 0.2) is 140 Å². The third kappa shape index (κ3) is 4.88. The molecule has 59 heavy (non-hydrogen) atoms. The Morgan fingerprint density at radius 2 is 1.03 bits per heavy atom. The molecule has 0 saturated heterocycles. The van der Waals surface area contributed by atoms with Crippen molar-refractivity contribution >= 4 is 46.2 Å². The smallest absolute Gasteiger partial charge is 0.333 e. The van der Waals surface area contributed by atoms with Crippen LogP contribution in [0.5, 0.6) is 0 Å². The molecule has 0 saturated carbocycles. The molecule has 0 N–H and O–H groups in total. The topological polar surface area (TPSA) is 6.48 Å². The van der Waals surface area contributed by atoms with E-state index in [2.05, 4.69) is 218 Å². The summed E-state index contributed by atoms with van der Waals surface area (Å²) >= 11 is 0. The lowest BCUT2D eigenvalue weighted by atomic mass is 9.41. The van der Waals surface area contributed by atoms with Crippen LogP contribution < -0.4 is 20.6 Å². The van der Waals surface area contributed by atoms with E-state index in [1.165, 1.54) is 106 Å². The van der Waals surface area contributed by atoms with Crippen molar-refractivity contribution in [2.75, 3.05) is 9.71 Å². The Kier molecular flexibility index (Phi) is 7.33. The molecule has 0 atom stereocenters. The Morgan fingerprint density at radius 3 is 1.78 bits per heavy atom. The molecule has 7 aromatic carbocycles. The molecular weight excluding hydrogens is 711 g/mol. The van der Waals surface area contributed by atoms with Gasteiger partial charge in [-0.05, 0) is 108 Å². The Hall–Kier alpha value is -5.80. The fourth-order valence-corrected chi connectivity index (χ4v) is 11.2. The minimum atomic E-state index is -0.170. The van der Waals surface area contributed by atoms with Gasteiger partial charge in [0.15, 0.2) is 0 Å². The van der Waals surface area contributed by atoms with Gasteiger partial charge in [-0.1, -0.05) is 178 Å². The number of nitrogens with zero attached hydrogens (tertiary/aromatic N) is 2. The number of benzene rings is 7. The molecule has 1 aliphatic carbocycles. The summed E-state index contributed by atoms with van der Waals surface area (Å²) in [5.41, 5.74) is 25.0. The maximum absolute atomic E-state index is 2.76. The average Bonchev–Trinajstić information content (AvgIpc) is 3.45. The molecule has 4 aliphatic rings. The zero-order chi connectivity index (χ0) is 41.0. The molecule has 0 aromatic heterocycles. The molecule has 0 spiro atoms. The second kappa shape index (κ2) is 11.9. The van der Waals surface area contributed by atoms with Gasteiger partial charge in [0, 0.05) is 44.7 Å². The number of hydrogen-bond acceptors (Lipinski definition) is 2. The molecule has 0 radical (unpaired) electrons. The third-order valence-corrected chi connectivity index (χ3v) is 14.3. The molecule has 0 amide bonds. The average molecular weight is 765 g/mol. The second-order valence-electron chi connectivity index (χ2n) is 20.6. The summed E-state index contributed by atoms with van der Waals surface area (Å²) in [7, 11) is 0. The van der Waals surface area contributed by atoms with Crippen LogP contribution >= 0.6 is 0 Å². The first-order chi connectivity index (χ1) is 28.1. The maximum Gasteiger partial charge on any atom is 0.333 e. The molecule has 0 bridgehead atoms. The van der Waals surface area contributed by atoms with Crippen molar-refractivity contribution in [3.05, 3.63) is 173 Å². The molecule has 290 valence electrons. The number of rotatable bonds is 2. The Morgan fingerprint density at radius 1 is 0.424 bits per heavy atom. The van der Waals surface area contributed by atoms with Gasteiger partial charge in [-0.2, -0.15) is 0 Å². The van der Waals surface area contributed by atoms with E-state index in [1.807, 2.05) is 0 Å². The first kappa shape index (κ1) is 36.3. The van der Waals surface area contributed by atoms with Crippen LogP contribution in [0.25, 0.3) is 33.4 Å². The highest BCUT2D eigenvalue weighted by molar-refractivity contribution is 6.94. The lowest BCUT2D eigenvalue weighted by Gasteiger charge is -2.52. The predicted octanol–water partition coefficient (Wildman–Crippen LogP) is 13.6. The van der Waals surface area contributed by atoms with E-state index < -0.39 is 0 Å². The normalized spacial score (nSPS) is 16.1. The Labute approximate surface area is 351 Å². The number of para-hydroxylation sites is 2. The highest BCUT2D eigenvalue weighted by Gasteiger charge is 2.53. The van der Waals surface area contributed by atoms with Gasteiger partial charge >= 0.3 is 6.85 Å². The van der Waals surface area contributed by atoms with Crippen molar-refractivity contribution < 1.29 is 0 Å². The van der Waals surface area contributed by atoms with Crippen molar-refractivity contribution in [1.29, 1.82) is 0 Å². The fourth-order valence-electron chi connectivity index (χ4n) is 11.2. The van der Waals surface area contributed by atoms with Gasteiger partial charge in [-0.15, -0.1) is 0 Å². The van der Waals surface area contributed by atoms with Crippen molar-refractivity contribution in [3.8, 4) is 33.4 Å². The van der Waals surface area contributed by atoms with E-state index in [-0.39, 0.29) is 28.5 Å². The van der Waals surface area contributed by atoms with Crippen LogP contribution in [0.3, 0.4) is 0 Å². The van der Waals surface area contributed by atoms with Crippen molar-refractivity contribution in [3.63, 3.8) is 0 Å². The number of anilines is 5. The summed E-state index contributed by atoms with van der Waals surface area (Å²) < 4.78 is 0. The zero-order valence-corrected chi connectivity index (χ0v) is 36.3. The molecular formula is C56H53BN2. The fraction of sp³-hybridized carbons (Fsp3) is 0.250. The summed E-state index contributed by atoms with van der Waals surface area (Å²) in [4.78, 5) is 5.43. The molecule has 3 aliphatic heterocycles. The SMILES string of the molecule is CC(C)(C)c1ccc(N2c3cc(C(C)(C)C)cc4c3B(c3c2ccc2c3-c3ccccc3C2(C)C)N2c3ccccc3C(C)(C)c3cccc-4c32)c(-c2ccccc2)c1. The van der Waals surface area contributed by atoms with E-state index >= 15 is 0 Å². The van der Waals surface area contributed by atoms with Crippen molar-refractivity contribution in [1.82, 2.24) is 0 Å². The van der Waals surface area contributed by atoms with Crippen molar-refractivity contribution in [2.24, 2.45) is 0 Å². The molecule has 3 heterocycles. The molecule has 0 unspecified atom stereocenters. The minimum Gasteiger partial charge on any atom is -0.376 e. The zero-order valence-electron chi connectivity index (χ0n) is 36.3. The molecule has 2 nitrogen and oxygen atoms in total. The van der Waals surface area contributed by atoms with Crippen molar-refractivity contribution in [2.45, 2.75) is 90.9 Å². The van der Waals surface area contributed by atoms with E-state index in [9.17, 15) is 0 Å². The van der Waals surface area contributed by atoms with Crippen LogP contribution in [-0.4, -0.2) is 6.85 Å². The molecule has 11 rings (SSSR count). The van der Waals surface area contributed by atoms with Crippen LogP contribution in [0.2, 0.25) is 0 Å². The number of hydrogen-bond donors (Lipinski definition) is 0. The second-order valence-corrected chi connectivity index (χ2v) is 20.6. The molecule has 0 fully saturated rings. The summed E-state index contributed by atoms with van der Waals surface area (Å²) in [6.07, 6.45) is 0. The van der Waals surface area contributed by atoms with Gasteiger partial charge in [0.25, 0.3) is 0 Å². The number of fused-ring (bicyclic) bond motifs is 10. The standard InChI is InChI=1S/C56H53BN2/c1-53(2,3)35-27-29-45(39(31-35)34-19-12-11-13-20-34)58-47-30-28-43-49(38-21-14-15-23-41(38)55(43,7)8)51(47)57-50-40(32-36(33-48(50)58)54(4,5)6)37-22-18-25-44-52(37)59(57)46-26-17-16-24-42(46)56(44,9)10/h11-33H,1-10H3. The predicted molar refractivity (Wildman–Crippen MR) is 253 cm³/mol. The quantitative estimate of drug-likeness (QED) is 0.162. The first-order valence-corrected chi connectivity index (χ1v) is 21.6. The summed E-state index contributed by atoms with van der Waals surface area (Å²) in [6.45, 7) is 23.7. The van der Waals surface area contributed by atoms with Crippen LogP contribution in [0.1, 0.15) is 103 Å². The van der Waals surface area contributed by atoms with E-state index in [0.717, 1.165) is 0 Å². The molecule has 7 aromatic rings. The van der Waals surface area contributed by atoms with E-state index in [4.69, 9.17) is 0 Å². The van der Waals surface area contributed by atoms with Crippen LogP contribution in [0, 0.1) is 0 Å². The first-order valence-electron chi connectivity index (χ1n) is 21.6. The van der Waals surface area contributed by atoms with Gasteiger partial charge in [0.2, 0.25) is 0 Å².